The molecule has 0 fully saturated rings. The SMILES string of the molecule is C#CCC(C)C(=O)Cl. The molecule has 0 heterocycles. The quantitative estimate of drug-likeness (QED) is 0.408. The van der Waals surface area contributed by atoms with Crippen LogP contribution in [0.15, 0.2) is 0 Å². The zero-order valence-corrected chi connectivity index (χ0v) is 5.40. The molecule has 1 atom stereocenters. The van der Waals surface area contributed by atoms with E-state index in [1.54, 1.807) is 6.92 Å². The van der Waals surface area contributed by atoms with Crippen LogP contribution in [-0.2, 0) is 4.79 Å². The molecule has 0 aromatic heterocycles. The fourth-order valence-electron chi connectivity index (χ4n) is 0.257. The molecule has 0 aliphatic rings. The molecule has 1 unspecified atom stereocenters. The lowest BCUT2D eigenvalue weighted by atomic mass is 10.1. The summed E-state index contributed by atoms with van der Waals surface area (Å²) < 4.78 is 0. The molecule has 0 aliphatic carbocycles. The molecule has 0 aromatic rings. The average Bonchev–Trinajstić information content (AvgIpc) is 1.67. The van der Waals surface area contributed by atoms with E-state index in [1.165, 1.54) is 0 Å². The Hall–Kier alpha value is -0.480. The minimum absolute atomic E-state index is 0.193. The van der Waals surface area contributed by atoms with Crippen LogP contribution in [0.5, 0.6) is 0 Å². The molecule has 0 aromatic carbocycles. The van der Waals surface area contributed by atoms with E-state index in [-0.39, 0.29) is 11.2 Å². The van der Waals surface area contributed by atoms with Gasteiger partial charge in [-0.15, -0.1) is 12.3 Å². The fraction of sp³-hybridized carbons (Fsp3) is 0.500. The van der Waals surface area contributed by atoms with E-state index in [2.05, 4.69) is 5.92 Å². The van der Waals surface area contributed by atoms with Crippen LogP contribution in [0.25, 0.3) is 0 Å². The summed E-state index contributed by atoms with van der Waals surface area (Å²) >= 11 is 5.07. The largest absolute Gasteiger partial charge is 0.281 e. The molecular weight excluding hydrogens is 124 g/mol. The van der Waals surface area contributed by atoms with Crippen molar-refractivity contribution in [2.75, 3.05) is 0 Å². The third kappa shape index (κ3) is 2.65. The zero-order chi connectivity index (χ0) is 6.57. The molecule has 0 bridgehead atoms. The minimum atomic E-state index is -0.358. The van der Waals surface area contributed by atoms with E-state index >= 15 is 0 Å². The van der Waals surface area contributed by atoms with Gasteiger partial charge in [-0.2, -0.15) is 0 Å². The smallest absolute Gasteiger partial charge is 0.225 e. The van der Waals surface area contributed by atoms with Gasteiger partial charge in [-0.3, -0.25) is 4.79 Å². The van der Waals surface area contributed by atoms with Crippen molar-refractivity contribution >= 4 is 16.8 Å². The number of terminal acetylenes is 1. The molecule has 0 aliphatic heterocycles. The van der Waals surface area contributed by atoms with Crippen LogP contribution in [0.3, 0.4) is 0 Å². The van der Waals surface area contributed by atoms with E-state index in [9.17, 15) is 4.79 Å². The van der Waals surface area contributed by atoms with Crippen molar-refractivity contribution in [3.8, 4) is 12.3 Å². The summed E-state index contributed by atoms with van der Waals surface area (Å²) in [5.41, 5.74) is 0. The van der Waals surface area contributed by atoms with Gasteiger partial charge < -0.3 is 0 Å². The summed E-state index contributed by atoms with van der Waals surface area (Å²) in [5.74, 6) is 2.15. The monoisotopic (exact) mass is 130 g/mol. The van der Waals surface area contributed by atoms with Crippen LogP contribution in [0.1, 0.15) is 13.3 Å². The van der Waals surface area contributed by atoms with Gasteiger partial charge in [-0.05, 0) is 11.6 Å². The maximum Gasteiger partial charge on any atom is 0.225 e. The summed E-state index contributed by atoms with van der Waals surface area (Å²) in [6, 6.07) is 0. The van der Waals surface area contributed by atoms with Crippen molar-refractivity contribution in [1.29, 1.82) is 0 Å². The Balaban J connectivity index is 3.52. The number of hydrogen-bond acceptors (Lipinski definition) is 1. The Labute approximate surface area is 54.0 Å². The Kier molecular flexibility index (Phi) is 3.30. The van der Waals surface area contributed by atoms with Crippen molar-refractivity contribution in [1.82, 2.24) is 0 Å². The predicted octanol–water partition coefficient (Wildman–Crippen LogP) is 1.41. The zero-order valence-electron chi connectivity index (χ0n) is 4.65. The van der Waals surface area contributed by atoms with Crippen molar-refractivity contribution in [3.63, 3.8) is 0 Å². The minimum Gasteiger partial charge on any atom is -0.281 e. The normalized spacial score (nSPS) is 12.1. The number of hydrogen-bond donors (Lipinski definition) is 0. The van der Waals surface area contributed by atoms with Gasteiger partial charge in [0.15, 0.2) is 0 Å². The molecule has 2 heteroatoms. The van der Waals surface area contributed by atoms with Gasteiger partial charge in [0.1, 0.15) is 0 Å². The lowest BCUT2D eigenvalue weighted by molar-refractivity contribution is -0.114. The van der Waals surface area contributed by atoms with Crippen LogP contribution in [0, 0.1) is 18.3 Å². The highest BCUT2D eigenvalue weighted by molar-refractivity contribution is 6.63. The van der Waals surface area contributed by atoms with Gasteiger partial charge in [0.05, 0.1) is 0 Å². The number of rotatable bonds is 2. The topological polar surface area (TPSA) is 17.1 Å². The summed E-state index contributed by atoms with van der Waals surface area (Å²) in [5, 5.41) is -0.358. The first-order chi connectivity index (χ1) is 3.68. The molecule has 0 radical (unpaired) electrons. The van der Waals surface area contributed by atoms with Crippen molar-refractivity contribution < 1.29 is 4.79 Å². The van der Waals surface area contributed by atoms with Crippen LogP contribution >= 0.6 is 11.6 Å². The second-order valence-corrected chi connectivity index (χ2v) is 1.99. The van der Waals surface area contributed by atoms with E-state index in [4.69, 9.17) is 18.0 Å². The molecule has 1 nitrogen and oxygen atoms in total. The standard InChI is InChI=1S/C6H7ClO/c1-3-4-5(2)6(7)8/h1,5H,4H2,2H3. The van der Waals surface area contributed by atoms with E-state index in [0.29, 0.717) is 6.42 Å². The van der Waals surface area contributed by atoms with Gasteiger partial charge in [0.25, 0.3) is 0 Å². The van der Waals surface area contributed by atoms with E-state index in [0.717, 1.165) is 0 Å². The summed E-state index contributed by atoms with van der Waals surface area (Å²) in [4.78, 5) is 10.2. The Bertz CT molecular complexity index is 123. The van der Waals surface area contributed by atoms with Crippen LogP contribution < -0.4 is 0 Å². The maximum absolute atomic E-state index is 10.2. The van der Waals surface area contributed by atoms with Gasteiger partial charge in [0.2, 0.25) is 5.24 Å². The van der Waals surface area contributed by atoms with Gasteiger partial charge in [-0.1, -0.05) is 6.92 Å². The van der Waals surface area contributed by atoms with Gasteiger partial charge in [0, 0.05) is 12.3 Å². The third-order valence-electron chi connectivity index (χ3n) is 0.811. The van der Waals surface area contributed by atoms with Crippen molar-refractivity contribution in [3.05, 3.63) is 0 Å². The lowest BCUT2D eigenvalue weighted by Crippen LogP contribution is -2.01. The first-order valence-electron chi connectivity index (χ1n) is 2.31. The molecule has 0 N–H and O–H groups in total. The summed E-state index contributed by atoms with van der Waals surface area (Å²) in [6.45, 7) is 1.70. The molecule has 0 rings (SSSR count). The van der Waals surface area contributed by atoms with Crippen LogP contribution in [-0.4, -0.2) is 5.24 Å². The molecule has 8 heavy (non-hydrogen) atoms. The first kappa shape index (κ1) is 7.52. The van der Waals surface area contributed by atoms with Gasteiger partial charge in [-0.25, -0.2) is 0 Å². The number of halogens is 1. The number of carbonyl (C=O) groups is 1. The second-order valence-electron chi connectivity index (χ2n) is 1.61. The lowest BCUT2D eigenvalue weighted by Gasteiger charge is -1.95. The van der Waals surface area contributed by atoms with Gasteiger partial charge >= 0.3 is 0 Å². The molecule has 44 valence electrons. The third-order valence-corrected chi connectivity index (χ3v) is 1.18. The van der Waals surface area contributed by atoms with Crippen LogP contribution in [0.4, 0.5) is 0 Å². The van der Waals surface area contributed by atoms with E-state index in [1.807, 2.05) is 0 Å². The molecule has 0 spiro atoms. The maximum atomic E-state index is 10.2. The predicted molar refractivity (Wildman–Crippen MR) is 33.5 cm³/mol. The average molecular weight is 131 g/mol. The molecule has 0 amide bonds. The second kappa shape index (κ2) is 3.51. The molecule has 0 saturated carbocycles. The van der Waals surface area contributed by atoms with E-state index < -0.39 is 0 Å². The Morgan fingerprint density at radius 1 is 2.00 bits per heavy atom. The van der Waals surface area contributed by atoms with Crippen molar-refractivity contribution in [2.45, 2.75) is 13.3 Å². The highest BCUT2D eigenvalue weighted by atomic mass is 35.5. The highest BCUT2D eigenvalue weighted by Gasteiger charge is 2.05. The Morgan fingerprint density at radius 2 is 2.50 bits per heavy atom. The highest BCUT2D eigenvalue weighted by Crippen LogP contribution is 2.03. The molecule has 0 saturated heterocycles. The van der Waals surface area contributed by atoms with Crippen LogP contribution in [0.2, 0.25) is 0 Å². The fourth-order valence-corrected chi connectivity index (χ4v) is 0.334. The summed E-state index contributed by atoms with van der Waals surface area (Å²) in [7, 11) is 0. The molecular formula is C6H7ClO. The summed E-state index contributed by atoms with van der Waals surface area (Å²) in [6.07, 6.45) is 5.34. The Morgan fingerprint density at radius 3 is 2.62 bits per heavy atom. The number of carbonyl (C=O) groups excluding carboxylic acids is 1. The van der Waals surface area contributed by atoms with Crippen molar-refractivity contribution in [2.24, 2.45) is 5.92 Å². The first-order valence-corrected chi connectivity index (χ1v) is 2.69.